The van der Waals surface area contributed by atoms with Crippen LogP contribution in [0, 0.1) is 0 Å². The number of hydrogen-bond donors (Lipinski definition) is 0. The summed E-state index contributed by atoms with van der Waals surface area (Å²) < 4.78 is 23.6. The van der Waals surface area contributed by atoms with Crippen molar-refractivity contribution in [2.75, 3.05) is 27.3 Å². The number of halogens is 2. The first-order valence-corrected chi connectivity index (χ1v) is 9.32. The number of Topliss-reactive ketones (excluding diaryl/α,β-unsaturated/α-hetero) is 1. The summed E-state index contributed by atoms with van der Waals surface area (Å²) in [7, 11) is -0.344. The summed E-state index contributed by atoms with van der Waals surface area (Å²) in [4.78, 5) is 14.5. The molecule has 5 nitrogen and oxygen atoms in total. The molecule has 0 aromatic heterocycles. The molecule has 0 spiro atoms. The monoisotopic (exact) mass is 379 g/mol. The Morgan fingerprint density at radius 3 is 2.22 bits per heavy atom. The quantitative estimate of drug-likeness (QED) is 0.367. The molecule has 0 aliphatic rings. The van der Waals surface area contributed by atoms with E-state index in [1.165, 1.54) is 18.3 Å². The average molecular weight is 380 g/mol. The summed E-state index contributed by atoms with van der Waals surface area (Å²) in [5, 5.41) is 0.504. The second-order valence-corrected chi connectivity index (χ2v) is 7.60. The number of allylic oxidation sites excluding steroid dienone is 1. The second kappa shape index (κ2) is 8.86. The Hall–Kier alpha value is -0.840. The summed E-state index contributed by atoms with van der Waals surface area (Å²) in [6.45, 7) is 3.64. The smallest absolute Gasteiger partial charge is 0.366 e. The number of nitrogens with zero attached hydrogens (tertiary/aromatic N) is 1. The molecule has 1 aromatic carbocycles. The van der Waals surface area contributed by atoms with Gasteiger partial charge in [0.1, 0.15) is 5.31 Å². The van der Waals surface area contributed by atoms with Crippen LogP contribution >= 0.6 is 30.8 Å². The van der Waals surface area contributed by atoms with E-state index in [1.807, 2.05) is 0 Å². The Morgan fingerprint density at radius 1 is 1.22 bits per heavy atom. The molecule has 23 heavy (non-hydrogen) atoms. The maximum Gasteiger partial charge on any atom is 0.366 e. The van der Waals surface area contributed by atoms with Gasteiger partial charge in [-0.2, -0.15) is 0 Å². The highest BCUT2D eigenvalue weighted by Crippen LogP contribution is 2.57. The van der Waals surface area contributed by atoms with Crippen LogP contribution in [0.2, 0.25) is 10.0 Å². The van der Waals surface area contributed by atoms with Crippen LogP contribution in [-0.4, -0.2) is 38.0 Å². The average Bonchev–Trinajstić information content (AvgIpc) is 2.44. The fourth-order valence-corrected chi connectivity index (χ4v) is 4.09. The first-order valence-electron chi connectivity index (χ1n) is 7.02. The van der Waals surface area contributed by atoms with E-state index in [2.05, 4.69) is 0 Å². The number of ketones is 1. The van der Waals surface area contributed by atoms with Crippen LogP contribution < -0.4 is 0 Å². The molecule has 0 radical (unpaired) electrons. The standard InChI is InChI=1S/C15H20Cl2NO4P/c1-5-21-23(20,22-6-2)14(10-18(3)4)15(19)12-8-7-11(16)9-13(12)17/h7-10H,5-6H2,1-4H3/b14-10-. The molecule has 128 valence electrons. The molecule has 0 N–H and O–H groups in total. The van der Waals surface area contributed by atoms with Gasteiger partial charge in [0.25, 0.3) is 0 Å². The molecule has 0 amide bonds. The summed E-state index contributed by atoms with van der Waals surface area (Å²) in [6, 6.07) is 4.48. The molecule has 0 atom stereocenters. The lowest BCUT2D eigenvalue weighted by molar-refractivity contribution is 0.103. The van der Waals surface area contributed by atoms with Gasteiger partial charge in [0.05, 0.1) is 18.2 Å². The zero-order valence-corrected chi connectivity index (χ0v) is 15.9. The Kier molecular flexibility index (Phi) is 7.78. The highest BCUT2D eigenvalue weighted by Gasteiger charge is 2.36. The van der Waals surface area contributed by atoms with Gasteiger partial charge in [-0.3, -0.25) is 9.36 Å². The van der Waals surface area contributed by atoms with Crippen LogP contribution in [0.15, 0.2) is 29.7 Å². The lowest BCUT2D eigenvalue weighted by atomic mass is 10.1. The van der Waals surface area contributed by atoms with Crippen molar-refractivity contribution in [3.8, 4) is 0 Å². The lowest BCUT2D eigenvalue weighted by Crippen LogP contribution is -2.13. The highest BCUT2D eigenvalue weighted by molar-refractivity contribution is 7.60. The molecule has 0 fully saturated rings. The van der Waals surface area contributed by atoms with Crippen molar-refractivity contribution in [1.29, 1.82) is 0 Å². The van der Waals surface area contributed by atoms with Crippen molar-refractivity contribution in [2.45, 2.75) is 13.8 Å². The van der Waals surface area contributed by atoms with E-state index in [9.17, 15) is 9.36 Å². The fraction of sp³-hybridized carbons (Fsp3) is 0.400. The molecule has 0 bridgehead atoms. The zero-order chi connectivity index (χ0) is 17.6. The van der Waals surface area contributed by atoms with Gasteiger partial charge in [-0.05, 0) is 32.0 Å². The third-order valence-corrected chi connectivity index (χ3v) is 5.33. The highest BCUT2D eigenvalue weighted by atomic mass is 35.5. The van der Waals surface area contributed by atoms with Crippen molar-refractivity contribution < 1.29 is 18.4 Å². The van der Waals surface area contributed by atoms with Gasteiger partial charge in [-0.15, -0.1) is 0 Å². The van der Waals surface area contributed by atoms with Crippen LogP contribution in [0.25, 0.3) is 0 Å². The van der Waals surface area contributed by atoms with E-state index in [-0.39, 0.29) is 29.1 Å². The van der Waals surface area contributed by atoms with Crippen molar-refractivity contribution in [3.05, 3.63) is 45.3 Å². The molecule has 0 aliphatic heterocycles. The van der Waals surface area contributed by atoms with Crippen LogP contribution in [0.4, 0.5) is 0 Å². The fourth-order valence-electron chi connectivity index (χ4n) is 1.83. The van der Waals surface area contributed by atoms with E-state index in [4.69, 9.17) is 32.2 Å². The molecule has 0 unspecified atom stereocenters. The molecular weight excluding hydrogens is 360 g/mol. The van der Waals surface area contributed by atoms with Gasteiger partial charge in [0, 0.05) is 30.9 Å². The lowest BCUT2D eigenvalue weighted by Gasteiger charge is -2.21. The molecule has 0 aliphatic carbocycles. The number of hydrogen-bond acceptors (Lipinski definition) is 5. The molecule has 0 saturated carbocycles. The Balaban J connectivity index is 3.41. The second-order valence-electron chi connectivity index (χ2n) is 4.76. The van der Waals surface area contributed by atoms with Gasteiger partial charge >= 0.3 is 7.60 Å². The summed E-state index contributed by atoms with van der Waals surface area (Å²) in [6.07, 6.45) is 1.43. The minimum absolute atomic E-state index is 0.0737. The Bertz CT molecular complexity index is 636. The van der Waals surface area contributed by atoms with Crippen molar-refractivity contribution in [3.63, 3.8) is 0 Å². The first kappa shape index (κ1) is 20.2. The number of benzene rings is 1. The van der Waals surface area contributed by atoms with E-state index >= 15 is 0 Å². The topological polar surface area (TPSA) is 55.8 Å². The summed E-state index contributed by atoms with van der Waals surface area (Å²) in [5.41, 5.74) is 0.184. The normalized spacial score (nSPS) is 12.3. The predicted octanol–water partition coefficient (Wildman–Crippen LogP) is 4.85. The van der Waals surface area contributed by atoms with Gasteiger partial charge in [0.2, 0.25) is 5.78 Å². The largest absolute Gasteiger partial charge is 0.383 e. The molecule has 0 saturated heterocycles. The van der Waals surface area contributed by atoms with Crippen LogP contribution in [-0.2, 0) is 13.6 Å². The summed E-state index contributed by atoms with van der Waals surface area (Å²) >= 11 is 11.9. The van der Waals surface area contributed by atoms with Gasteiger partial charge in [-0.1, -0.05) is 23.2 Å². The van der Waals surface area contributed by atoms with E-state index in [1.54, 1.807) is 38.9 Å². The van der Waals surface area contributed by atoms with Crippen molar-refractivity contribution in [2.24, 2.45) is 0 Å². The number of carbonyl (C=O) groups excluding carboxylic acids is 1. The number of carbonyl (C=O) groups is 1. The Labute approximate surface area is 146 Å². The van der Waals surface area contributed by atoms with Crippen molar-refractivity contribution >= 4 is 36.6 Å². The minimum Gasteiger partial charge on any atom is -0.383 e. The predicted molar refractivity (Wildman–Crippen MR) is 93.4 cm³/mol. The molecule has 1 rings (SSSR count). The minimum atomic E-state index is -3.76. The molecule has 1 aromatic rings. The molecule has 8 heteroatoms. The van der Waals surface area contributed by atoms with E-state index in [0.717, 1.165) is 0 Å². The number of rotatable bonds is 8. The first-order chi connectivity index (χ1) is 10.7. The van der Waals surface area contributed by atoms with Crippen LogP contribution in [0.5, 0.6) is 0 Å². The van der Waals surface area contributed by atoms with Gasteiger partial charge in [-0.25, -0.2) is 0 Å². The van der Waals surface area contributed by atoms with E-state index in [0.29, 0.717) is 5.02 Å². The van der Waals surface area contributed by atoms with Crippen molar-refractivity contribution in [1.82, 2.24) is 4.90 Å². The maximum atomic E-state index is 13.0. The van der Waals surface area contributed by atoms with E-state index < -0.39 is 13.4 Å². The van der Waals surface area contributed by atoms with Crippen LogP contribution in [0.1, 0.15) is 24.2 Å². The molecule has 0 heterocycles. The molecular formula is C15H20Cl2NO4P. The SMILES string of the molecule is CCOP(=O)(OCC)/C(=C\N(C)C)C(=O)c1ccc(Cl)cc1Cl. The zero-order valence-electron chi connectivity index (χ0n) is 13.5. The van der Waals surface area contributed by atoms with Crippen LogP contribution in [0.3, 0.4) is 0 Å². The van der Waals surface area contributed by atoms with Gasteiger partial charge in [0.15, 0.2) is 0 Å². The Morgan fingerprint density at radius 2 is 1.78 bits per heavy atom. The summed E-state index contributed by atoms with van der Waals surface area (Å²) in [5.74, 6) is -0.523. The third kappa shape index (κ3) is 5.33. The third-order valence-electron chi connectivity index (χ3n) is 2.68. The maximum absolute atomic E-state index is 13.0. The van der Waals surface area contributed by atoms with Gasteiger partial charge < -0.3 is 13.9 Å².